The molecule has 0 aliphatic carbocycles. The topological polar surface area (TPSA) is 17.1 Å². The van der Waals surface area contributed by atoms with Gasteiger partial charge in [-0.3, -0.25) is 4.79 Å². The number of hydrogen-bond donors (Lipinski definition) is 0. The maximum Gasteiger partial charge on any atom is 0.150 e. The number of benzene rings is 1. The summed E-state index contributed by atoms with van der Waals surface area (Å²) in [6.45, 7) is 1.80. The Kier molecular flexibility index (Phi) is 2.75. The molecule has 0 radical (unpaired) electrons. The van der Waals surface area contributed by atoms with Crippen LogP contribution in [0.3, 0.4) is 0 Å². The number of carbonyl (C=O) groups excluding carboxylic acids is 1. The highest BCUT2D eigenvalue weighted by Gasteiger charge is 1.98. The van der Waals surface area contributed by atoms with Gasteiger partial charge >= 0.3 is 0 Å². The second kappa shape index (κ2) is 3.81. The fourth-order valence-corrected chi connectivity index (χ4v) is 0.943. The largest absolute Gasteiger partial charge is 0.298 e. The smallest absolute Gasteiger partial charge is 0.150 e. The summed E-state index contributed by atoms with van der Waals surface area (Å²) in [7, 11) is 0. The quantitative estimate of drug-likeness (QED) is 0.614. The summed E-state index contributed by atoms with van der Waals surface area (Å²) in [5.41, 5.74) is 0.937. The standard InChI is InChI=1S/C10H9FO/c1-2-3-9-6-8(7-12)4-5-10(9)11/h2-7H,1H3/b3-2+. The van der Waals surface area contributed by atoms with Crippen LogP contribution in [0.2, 0.25) is 0 Å². The molecule has 0 unspecified atom stereocenters. The van der Waals surface area contributed by atoms with Crippen molar-refractivity contribution in [2.24, 2.45) is 0 Å². The van der Waals surface area contributed by atoms with Crippen molar-refractivity contribution in [2.45, 2.75) is 6.92 Å². The Hall–Kier alpha value is -1.44. The third-order valence-electron chi connectivity index (χ3n) is 1.50. The summed E-state index contributed by atoms with van der Waals surface area (Å²) in [6, 6.07) is 4.26. The molecule has 0 heterocycles. The van der Waals surface area contributed by atoms with Crippen molar-refractivity contribution >= 4 is 12.4 Å². The van der Waals surface area contributed by atoms with Crippen LogP contribution in [0.5, 0.6) is 0 Å². The molecule has 0 fully saturated rings. The first kappa shape index (κ1) is 8.65. The predicted molar refractivity (Wildman–Crippen MR) is 46.5 cm³/mol. The zero-order valence-corrected chi connectivity index (χ0v) is 6.75. The molecule has 0 aromatic heterocycles. The Labute approximate surface area is 70.5 Å². The van der Waals surface area contributed by atoms with Gasteiger partial charge in [0.2, 0.25) is 0 Å². The normalized spacial score (nSPS) is 10.5. The minimum atomic E-state index is -0.307. The van der Waals surface area contributed by atoms with E-state index in [1.165, 1.54) is 18.2 Å². The number of carbonyl (C=O) groups is 1. The molecule has 0 atom stereocenters. The molecule has 0 bridgehead atoms. The summed E-state index contributed by atoms with van der Waals surface area (Å²) in [5, 5.41) is 0. The zero-order chi connectivity index (χ0) is 8.97. The first-order chi connectivity index (χ1) is 5.77. The minimum Gasteiger partial charge on any atom is -0.298 e. The second-order valence-electron chi connectivity index (χ2n) is 2.40. The monoisotopic (exact) mass is 164 g/mol. The van der Waals surface area contributed by atoms with Crippen molar-refractivity contribution in [3.8, 4) is 0 Å². The first-order valence-corrected chi connectivity index (χ1v) is 3.65. The number of aldehydes is 1. The van der Waals surface area contributed by atoms with Crippen LogP contribution in [-0.2, 0) is 0 Å². The molecule has 12 heavy (non-hydrogen) atoms. The maximum atomic E-state index is 12.9. The van der Waals surface area contributed by atoms with Gasteiger partial charge in [-0.2, -0.15) is 0 Å². The molecule has 1 aromatic carbocycles. The third-order valence-corrected chi connectivity index (χ3v) is 1.50. The van der Waals surface area contributed by atoms with E-state index in [1.54, 1.807) is 19.1 Å². The number of rotatable bonds is 2. The Balaban J connectivity index is 3.16. The molecule has 1 rings (SSSR count). The van der Waals surface area contributed by atoms with E-state index in [0.29, 0.717) is 17.4 Å². The van der Waals surface area contributed by atoms with Crippen molar-refractivity contribution in [3.05, 3.63) is 41.2 Å². The summed E-state index contributed by atoms with van der Waals surface area (Å²) in [5.74, 6) is -0.307. The second-order valence-corrected chi connectivity index (χ2v) is 2.40. The molecular formula is C10H9FO. The molecule has 0 amide bonds. The van der Waals surface area contributed by atoms with Gasteiger partial charge in [0.25, 0.3) is 0 Å². The van der Waals surface area contributed by atoms with Gasteiger partial charge < -0.3 is 0 Å². The molecule has 0 saturated carbocycles. The van der Waals surface area contributed by atoms with Crippen molar-refractivity contribution in [2.75, 3.05) is 0 Å². The van der Waals surface area contributed by atoms with Crippen LogP contribution in [0.25, 0.3) is 6.08 Å². The molecule has 0 saturated heterocycles. The SMILES string of the molecule is C/C=C/c1cc(C=O)ccc1F. The number of allylic oxidation sites excluding steroid dienone is 1. The first-order valence-electron chi connectivity index (χ1n) is 3.65. The highest BCUT2D eigenvalue weighted by molar-refractivity contribution is 5.76. The molecule has 2 heteroatoms. The molecule has 1 aromatic rings. The van der Waals surface area contributed by atoms with E-state index in [9.17, 15) is 9.18 Å². The average molecular weight is 164 g/mol. The molecule has 62 valence electrons. The fraction of sp³-hybridized carbons (Fsp3) is 0.100. The van der Waals surface area contributed by atoms with E-state index < -0.39 is 0 Å². The summed E-state index contributed by atoms with van der Waals surface area (Å²) in [6.07, 6.45) is 4.06. The van der Waals surface area contributed by atoms with Crippen LogP contribution in [0.1, 0.15) is 22.8 Å². The van der Waals surface area contributed by atoms with Gasteiger partial charge in [0.15, 0.2) is 0 Å². The van der Waals surface area contributed by atoms with Crippen LogP contribution < -0.4 is 0 Å². The Morgan fingerprint density at radius 3 is 2.75 bits per heavy atom. The van der Waals surface area contributed by atoms with E-state index in [0.717, 1.165) is 0 Å². The van der Waals surface area contributed by atoms with Crippen molar-refractivity contribution in [1.29, 1.82) is 0 Å². The van der Waals surface area contributed by atoms with Crippen LogP contribution in [-0.4, -0.2) is 6.29 Å². The average Bonchev–Trinajstić information content (AvgIpc) is 2.09. The van der Waals surface area contributed by atoms with E-state index in [-0.39, 0.29) is 5.82 Å². The van der Waals surface area contributed by atoms with Gasteiger partial charge in [0.05, 0.1) is 0 Å². The van der Waals surface area contributed by atoms with Gasteiger partial charge in [-0.25, -0.2) is 4.39 Å². The lowest BCUT2D eigenvalue weighted by atomic mass is 10.1. The summed E-state index contributed by atoms with van der Waals surface area (Å²) in [4.78, 5) is 10.3. The van der Waals surface area contributed by atoms with Crippen LogP contribution in [0.4, 0.5) is 4.39 Å². The Morgan fingerprint density at radius 2 is 2.17 bits per heavy atom. The molecule has 0 spiro atoms. The van der Waals surface area contributed by atoms with E-state index >= 15 is 0 Å². The van der Waals surface area contributed by atoms with Gasteiger partial charge in [-0.05, 0) is 25.1 Å². The molecular weight excluding hydrogens is 155 g/mol. The lowest BCUT2D eigenvalue weighted by Crippen LogP contribution is -1.85. The van der Waals surface area contributed by atoms with Gasteiger partial charge in [0, 0.05) is 11.1 Å². The molecule has 1 nitrogen and oxygen atoms in total. The Bertz CT molecular complexity index is 316. The predicted octanol–water partition coefficient (Wildman–Crippen LogP) is 2.67. The van der Waals surface area contributed by atoms with Crippen LogP contribution in [0, 0.1) is 5.82 Å². The Morgan fingerprint density at radius 1 is 1.42 bits per heavy atom. The van der Waals surface area contributed by atoms with E-state index in [1.807, 2.05) is 0 Å². The third kappa shape index (κ3) is 1.78. The maximum absolute atomic E-state index is 12.9. The highest BCUT2D eigenvalue weighted by Crippen LogP contribution is 2.10. The van der Waals surface area contributed by atoms with Crippen LogP contribution in [0.15, 0.2) is 24.3 Å². The molecule has 0 N–H and O–H groups in total. The van der Waals surface area contributed by atoms with Crippen molar-refractivity contribution in [1.82, 2.24) is 0 Å². The number of halogens is 1. The van der Waals surface area contributed by atoms with E-state index in [4.69, 9.17) is 0 Å². The molecule has 0 aliphatic heterocycles. The highest BCUT2D eigenvalue weighted by atomic mass is 19.1. The van der Waals surface area contributed by atoms with E-state index in [2.05, 4.69) is 0 Å². The van der Waals surface area contributed by atoms with Gasteiger partial charge in [-0.1, -0.05) is 12.2 Å². The van der Waals surface area contributed by atoms with Gasteiger partial charge in [-0.15, -0.1) is 0 Å². The van der Waals surface area contributed by atoms with Gasteiger partial charge in [0.1, 0.15) is 12.1 Å². The lowest BCUT2D eigenvalue weighted by molar-refractivity contribution is 0.112. The fourth-order valence-electron chi connectivity index (χ4n) is 0.943. The van der Waals surface area contributed by atoms with Crippen LogP contribution >= 0.6 is 0 Å². The van der Waals surface area contributed by atoms with Crippen molar-refractivity contribution in [3.63, 3.8) is 0 Å². The summed E-state index contributed by atoms with van der Waals surface area (Å²) >= 11 is 0. The molecule has 0 aliphatic rings. The number of hydrogen-bond acceptors (Lipinski definition) is 1. The summed E-state index contributed by atoms with van der Waals surface area (Å²) < 4.78 is 12.9. The lowest BCUT2D eigenvalue weighted by Gasteiger charge is -1.96. The van der Waals surface area contributed by atoms with Crippen molar-refractivity contribution < 1.29 is 9.18 Å². The zero-order valence-electron chi connectivity index (χ0n) is 6.75. The minimum absolute atomic E-state index is 0.307.